The molecule has 0 saturated heterocycles. The molecule has 0 atom stereocenters. The summed E-state index contributed by atoms with van der Waals surface area (Å²) in [6.45, 7) is 0.378. The van der Waals surface area contributed by atoms with Gasteiger partial charge in [0.1, 0.15) is 0 Å². The molecule has 3 aromatic rings. The summed E-state index contributed by atoms with van der Waals surface area (Å²) in [6, 6.07) is 14.9. The van der Waals surface area contributed by atoms with Crippen molar-refractivity contribution in [3.05, 3.63) is 75.7 Å². The summed E-state index contributed by atoms with van der Waals surface area (Å²) in [5.74, 6) is 0. The second-order valence-electron chi connectivity index (χ2n) is 4.29. The quantitative estimate of drug-likeness (QED) is 0.717. The fourth-order valence-corrected chi connectivity index (χ4v) is 2.22. The van der Waals surface area contributed by atoms with Crippen LogP contribution in [0.25, 0.3) is 10.8 Å². The van der Waals surface area contributed by atoms with Gasteiger partial charge in [-0.05, 0) is 17.7 Å². The van der Waals surface area contributed by atoms with Gasteiger partial charge >= 0.3 is 0 Å². The van der Waals surface area contributed by atoms with Crippen molar-refractivity contribution in [1.29, 1.82) is 0 Å². The fourth-order valence-electron chi connectivity index (χ4n) is 2.03. The lowest BCUT2D eigenvalue weighted by atomic mass is 10.2. The molecule has 1 heterocycles. The summed E-state index contributed by atoms with van der Waals surface area (Å²) in [4.78, 5) is 12.3. The van der Waals surface area contributed by atoms with Crippen LogP contribution in [0.1, 0.15) is 5.56 Å². The van der Waals surface area contributed by atoms with E-state index in [2.05, 4.69) is 5.10 Å². The summed E-state index contributed by atoms with van der Waals surface area (Å²) in [6.07, 6.45) is 1.70. The van der Waals surface area contributed by atoms with Crippen molar-refractivity contribution in [2.24, 2.45) is 0 Å². The lowest BCUT2D eigenvalue weighted by Crippen LogP contribution is -2.23. The van der Waals surface area contributed by atoms with Crippen molar-refractivity contribution in [3.8, 4) is 0 Å². The molecule has 0 amide bonds. The highest BCUT2D eigenvalue weighted by Crippen LogP contribution is 2.15. The Hall–Kier alpha value is -2.13. The number of aromatic nitrogens is 2. The van der Waals surface area contributed by atoms with Crippen LogP contribution >= 0.6 is 11.6 Å². The van der Waals surface area contributed by atoms with E-state index in [1.165, 1.54) is 4.68 Å². The van der Waals surface area contributed by atoms with Crippen molar-refractivity contribution in [1.82, 2.24) is 9.78 Å². The Morgan fingerprint density at radius 3 is 2.63 bits per heavy atom. The van der Waals surface area contributed by atoms with Gasteiger partial charge in [0.15, 0.2) is 0 Å². The van der Waals surface area contributed by atoms with E-state index in [0.29, 0.717) is 17.0 Å². The third-order valence-electron chi connectivity index (χ3n) is 3.04. The highest BCUT2D eigenvalue weighted by molar-refractivity contribution is 6.31. The first kappa shape index (κ1) is 11.9. The van der Waals surface area contributed by atoms with Crippen LogP contribution < -0.4 is 5.56 Å². The molecule has 0 saturated carbocycles. The first-order valence-electron chi connectivity index (χ1n) is 5.94. The molecular formula is C15H11ClN2O. The maximum atomic E-state index is 12.3. The van der Waals surface area contributed by atoms with Crippen molar-refractivity contribution < 1.29 is 0 Å². The smallest absolute Gasteiger partial charge is 0.267 e. The molecule has 0 aliphatic heterocycles. The van der Waals surface area contributed by atoms with Crippen LogP contribution in [0.3, 0.4) is 0 Å². The predicted molar refractivity (Wildman–Crippen MR) is 76.6 cm³/mol. The van der Waals surface area contributed by atoms with Crippen LogP contribution in [0, 0.1) is 0 Å². The molecule has 3 rings (SSSR count). The van der Waals surface area contributed by atoms with E-state index in [1.807, 2.05) is 48.5 Å². The van der Waals surface area contributed by atoms with Crippen LogP contribution in [0.15, 0.2) is 59.5 Å². The molecule has 0 N–H and O–H groups in total. The normalized spacial score (nSPS) is 10.8. The molecule has 0 unspecified atom stereocenters. The molecule has 0 aliphatic rings. The molecule has 4 heteroatoms. The van der Waals surface area contributed by atoms with Crippen molar-refractivity contribution in [2.45, 2.75) is 6.54 Å². The molecule has 0 radical (unpaired) electrons. The first-order valence-corrected chi connectivity index (χ1v) is 6.32. The van der Waals surface area contributed by atoms with Crippen LogP contribution in [-0.2, 0) is 6.54 Å². The van der Waals surface area contributed by atoms with Gasteiger partial charge in [0.25, 0.3) is 5.56 Å². The standard InChI is InChI=1S/C15H11ClN2O/c16-14-8-4-2-6-12(14)10-18-15(19)13-7-3-1-5-11(13)9-17-18/h1-9H,10H2. The maximum Gasteiger partial charge on any atom is 0.274 e. The van der Waals surface area contributed by atoms with E-state index in [9.17, 15) is 4.79 Å². The monoisotopic (exact) mass is 270 g/mol. The van der Waals surface area contributed by atoms with Gasteiger partial charge in [-0.15, -0.1) is 0 Å². The van der Waals surface area contributed by atoms with Gasteiger partial charge in [0, 0.05) is 10.4 Å². The average molecular weight is 271 g/mol. The number of halogens is 1. The minimum Gasteiger partial charge on any atom is -0.267 e. The summed E-state index contributed by atoms with van der Waals surface area (Å²) in [7, 11) is 0. The molecule has 0 fully saturated rings. The van der Waals surface area contributed by atoms with E-state index in [0.717, 1.165) is 10.9 Å². The number of hydrogen-bond acceptors (Lipinski definition) is 2. The van der Waals surface area contributed by atoms with E-state index in [4.69, 9.17) is 11.6 Å². The van der Waals surface area contributed by atoms with Gasteiger partial charge in [0.2, 0.25) is 0 Å². The van der Waals surface area contributed by atoms with E-state index in [1.54, 1.807) is 6.20 Å². The zero-order valence-electron chi connectivity index (χ0n) is 10.1. The van der Waals surface area contributed by atoms with Crippen molar-refractivity contribution >= 4 is 22.4 Å². The van der Waals surface area contributed by atoms with Crippen molar-refractivity contribution in [3.63, 3.8) is 0 Å². The highest BCUT2D eigenvalue weighted by Gasteiger charge is 2.06. The highest BCUT2D eigenvalue weighted by atomic mass is 35.5. The SMILES string of the molecule is O=c1c2ccccc2cnn1Cc1ccccc1Cl. The predicted octanol–water partition coefficient (Wildman–Crippen LogP) is 3.10. The molecule has 3 nitrogen and oxygen atoms in total. The van der Waals surface area contributed by atoms with E-state index < -0.39 is 0 Å². The Morgan fingerprint density at radius 1 is 1.05 bits per heavy atom. The van der Waals surface area contributed by atoms with Gasteiger partial charge in [-0.2, -0.15) is 5.10 Å². The number of rotatable bonds is 2. The minimum absolute atomic E-state index is 0.0991. The summed E-state index contributed by atoms with van der Waals surface area (Å²) >= 11 is 6.10. The fraction of sp³-hybridized carbons (Fsp3) is 0.0667. The Labute approximate surface area is 115 Å². The molecule has 19 heavy (non-hydrogen) atoms. The molecule has 1 aromatic heterocycles. The number of benzene rings is 2. The molecule has 0 aliphatic carbocycles. The second-order valence-corrected chi connectivity index (χ2v) is 4.69. The lowest BCUT2D eigenvalue weighted by Gasteiger charge is -2.07. The molecule has 2 aromatic carbocycles. The summed E-state index contributed by atoms with van der Waals surface area (Å²) in [5.41, 5.74) is 0.784. The van der Waals surface area contributed by atoms with Gasteiger partial charge in [0.05, 0.1) is 18.1 Å². The summed E-state index contributed by atoms with van der Waals surface area (Å²) < 4.78 is 1.43. The largest absolute Gasteiger partial charge is 0.274 e. The molecule has 94 valence electrons. The molecular weight excluding hydrogens is 260 g/mol. The third kappa shape index (κ3) is 2.25. The average Bonchev–Trinajstić information content (AvgIpc) is 2.44. The Morgan fingerprint density at radius 2 is 1.79 bits per heavy atom. The Bertz CT molecular complexity index is 795. The maximum absolute atomic E-state index is 12.3. The number of hydrogen-bond donors (Lipinski definition) is 0. The number of fused-ring (bicyclic) bond motifs is 1. The zero-order chi connectivity index (χ0) is 13.2. The van der Waals surface area contributed by atoms with E-state index >= 15 is 0 Å². The van der Waals surface area contributed by atoms with Crippen LogP contribution in [-0.4, -0.2) is 9.78 Å². The van der Waals surface area contributed by atoms with Crippen LogP contribution in [0.5, 0.6) is 0 Å². The minimum atomic E-state index is -0.0991. The topological polar surface area (TPSA) is 34.9 Å². The van der Waals surface area contributed by atoms with Crippen molar-refractivity contribution in [2.75, 3.05) is 0 Å². The molecule has 0 bridgehead atoms. The summed E-state index contributed by atoms with van der Waals surface area (Å²) in [5, 5.41) is 6.35. The third-order valence-corrected chi connectivity index (χ3v) is 3.41. The van der Waals surface area contributed by atoms with Gasteiger partial charge in [-0.25, -0.2) is 4.68 Å². The van der Waals surface area contributed by atoms with Crippen LogP contribution in [0.4, 0.5) is 0 Å². The zero-order valence-corrected chi connectivity index (χ0v) is 10.8. The van der Waals surface area contributed by atoms with Gasteiger partial charge in [-0.3, -0.25) is 4.79 Å². The first-order chi connectivity index (χ1) is 9.25. The Kier molecular flexibility index (Phi) is 3.05. The van der Waals surface area contributed by atoms with Crippen LogP contribution in [0.2, 0.25) is 5.02 Å². The second kappa shape index (κ2) is 4.86. The Balaban J connectivity index is 2.10. The number of nitrogens with zero attached hydrogens (tertiary/aromatic N) is 2. The lowest BCUT2D eigenvalue weighted by molar-refractivity contribution is 0.647. The molecule has 0 spiro atoms. The van der Waals surface area contributed by atoms with E-state index in [-0.39, 0.29) is 5.56 Å². The van der Waals surface area contributed by atoms with Gasteiger partial charge in [-0.1, -0.05) is 48.0 Å². The van der Waals surface area contributed by atoms with Gasteiger partial charge < -0.3 is 0 Å².